The monoisotopic (exact) mass is 430 g/mol. The van der Waals surface area contributed by atoms with Crippen LogP contribution in [0.3, 0.4) is 0 Å². The Labute approximate surface area is 171 Å². The smallest absolute Gasteiger partial charge is 0.128 e. The number of unbranched alkanes of at least 4 members (excludes halogenated alkanes) is 1. The van der Waals surface area contributed by atoms with E-state index in [1.807, 2.05) is 4.68 Å². The Kier molecular flexibility index (Phi) is 6.60. The van der Waals surface area contributed by atoms with Crippen LogP contribution < -0.4 is 0 Å². The van der Waals surface area contributed by atoms with Gasteiger partial charge >= 0.3 is 0 Å². The predicted octanol–water partition coefficient (Wildman–Crippen LogP) is 5.10. The summed E-state index contributed by atoms with van der Waals surface area (Å²) in [7, 11) is 0. The van der Waals surface area contributed by atoms with E-state index in [1.165, 1.54) is 45.3 Å². The first-order valence-corrected chi connectivity index (χ1v) is 10.9. The molecule has 5 heteroatoms. The second-order valence-corrected chi connectivity index (χ2v) is 9.63. The highest BCUT2D eigenvalue weighted by Gasteiger charge is 2.18. The van der Waals surface area contributed by atoms with Crippen LogP contribution in [0.25, 0.3) is 11.0 Å². The van der Waals surface area contributed by atoms with Gasteiger partial charge in [-0.2, -0.15) is 0 Å². The molecule has 0 bridgehead atoms. The van der Waals surface area contributed by atoms with Crippen molar-refractivity contribution in [3.8, 4) is 11.8 Å². The molecule has 146 valence electrons. The molecule has 1 aliphatic heterocycles. The maximum Gasteiger partial charge on any atom is 0.128 e. The molecule has 3 rings (SSSR count). The van der Waals surface area contributed by atoms with Gasteiger partial charge in [-0.05, 0) is 72.4 Å². The molecule has 0 N–H and O–H groups in total. The van der Waals surface area contributed by atoms with Crippen molar-refractivity contribution in [3.05, 3.63) is 22.2 Å². The SMILES string of the molecule is CCCCN1CCC(C#Cc2ccc3c(nnn3CC(C)(C)C)c2Br)CC1. The van der Waals surface area contributed by atoms with Crippen molar-refractivity contribution in [3.63, 3.8) is 0 Å². The van der Waals surface area contributed by atoms with Gasteiger partial charge in [0.1, 0.15) is 5.52 Å². The van der Waals surface area contributed by atoms with Gasteiger partial charge in [0, 0.05) is 18.0 Å². The van der Waals surface area contributed by atoms with Crippen molar-refractivity contribution in [2.24, 2.45) is 11.3 Å². The van der Waals surface area contributed by atoms with Crippen molar-refractivity contribution in [2.75, 3.05) is 19.6 Å². The minimum atomic E-state index is 0.164. The molecule has 1 fully saturated rings. The number of halogens is 1. The lowest BCUT2D eigenvalue weighted by atomic mass is 9.96. The quantitative estimate of drug-likeness (QED) is 0.632. The van der Waals surface area contributed by atoms with E-state index in [4.69, 9.17) is 0 Å². The van der Waals surface area contributed by atoms with Crippen LogP contribution in [-0.2, 0) is 6.54 Å². The van der Waals surface area contributed by atoms with Gasteiger partial charge in [0.25, 0.3) is 0 Å². The topological polar surface area (TPSA) is 34.0 Å². The zero-order chi connectivity index (χ0) is 19.4. The Hall–Kier alpha value is -1.38. The Balaban J connectivity index is 1.70. The molecule has 4 nitrogen and oxygen atoms in total. The third-order valence-electron chi connectivity index (χ3n) is 5.08. The van der Waals surface area contributed by atoms with Crippen LogP contribution in [0, 0.1) is 23.2 Å². The third kappa shape index (κ3) is 5.33. The van der Waals surface area contributed by atoms with Crippen LogP contribution in [0.4, 0.5) is 0 Å². The number of hydrogen-bond donors (Lipinski definition) is 0. The van der Waals surface area contributed by atoms with E-state index < -0.39 is 0 Å². The maximum absolute atomic E-state index is 4.39. The Bertz CT molecular complexity index is 830. The number of rotatable bonds is 4. The molecule has 0 atom stereocenters. The minimum Gasteiger partial charge on any atom is -0.303 e. The largest absolute Gasteiger partial charge is 0.303 e. The van der Waals surface area contributed by atoms with E-state index in [1.54, 1.807) is 0 Å². The van der Waals surface area contributed by atoms with E-state index in [9.17, 15) is 0 Å². The number of aromatic nitrogens is 3. The molecular formula is C22H31BrN4. The number of piperidine rings is 1. The first kappa shape index (κ1) is 20.4. The highest BCUT2D eigenvalue weighted by Crippen LogP contribution is 2.27. The molecule has 0 unspecified atom stereocenters. The lowest BCUT2D eigenvalue weighted by Crippen LogP contribution is -2.33. The first-order valence-electron chi connectivity index (χ1n) is 10.1. The molecule has 0 saturated carbocycles. The molecule has 2 aromatic rings. The number of fused-ring (bicyclic) bond motifs is 1. The summed E-state index contributed by atoms with van der Waals surface area (Å²) in [5.74, 6) is 7.40. The molecule has 1 aliphatic rings. The second kappa shape index (κ2) is 8.75. The second-order valence-electron chi connectivity index (χ2n) is 8.84. The number of nitrogens with zero attached hydrogens (tertiary/aromatic N) is 4. The maximum atomic E-state index is 4.39. The number of likely N-dealkylation sites (tertiary alicyclic amines) is 1. The van der Waals surface area contributed by atoms with Crippen molar-refractivity contribution >= 4 is 27.0 Å². The van der Waals surface area contributed by atoms with Crippen LogP contribution in [0.1, 0.15) is 58.9 Å². The van der Waals surface area contributed by atoms with Crippen LogP contribution in [-0.4, -0.2) is 39.5 Å². The highest BCUT2D eigenvalue weighted by atomic mass is 79.9. The van der Waals surface area contributed by atoms with Gasteiger partial charge < -0.3 is 4.90 Å². The zero-order valence-electron chi connectivity index (χ0n) is 17.1. The van der Waals surface area contributed by atoms with Crippen molar-refractivity contribution in [1.82, 2.24) is 19.9 Å². The standard InChI is InChI=1S/C22H31BrN4/c1-5-6-13-26-14-11-17(12-15-26)7-8-18-9-10-19-21(20(18)23)24-25-27(19)16-22(2,3)4/h9-10,17H,5-6,11-16H2,1-4H3. The minimum absolute atomic E-state index is 0.164. The average Bonchev–Trinajstić information content (AvgIpc) is 3.02. The Morgan fingerprint density at radius 2 is 1.96 bits per heavy atom. The summed E-state index contributed by atoms with van der Waals surface area (Å²) in [5.41, 5.74) is 3.14. The molecule has 1 aromatic heterocycles. The van der Waals surface area contributed by atoms with Crippen molar-refractivity contribution in [1.29, 1.82) is 0 Å². The van der Waals surface area contributed by atoms with Crippen LogP contribution in [0.15, 0.2) is 16.6 Å². The summed E-state index contributed by atoms with van der Waals surface area (Å²) in [4.78, 5) is 2.58. The first-order chi connectivity index (χ1) is 12.9. The van der Waals surface area contributed by atoms with Gasteiger partial charge in [0.05, 0.1) is 9.99 Å². The molecule has 1 aromatic carbocycles. The van der Waals surface area contributed by atoms with E-state index in [0.717, 1.165) is 27.6 Å². The van der Waals surface area contributed by atoms with Crippen molar-refractivity contribution < 1.29 is 0 Å². The van der Waals surface area contributed by atoms with Crippen LogP contribution in [0.2, 0.25) is 0 Å². The molecule has 27 heavy (non-hydrogen) atoms. The summed E-state index contributed by atoms with van der Waals surface area (Å²) in [5, 5.41) is 8.74. The van der Waals surface area contributed by atoms with Gasteiger partial charge in [-0.15, -0.1) is 5.10 Å². The normalized spacial score (nSPS) is 16.5. The van der Waals surface area contributed by atoms with Crippen molar-refractivity contribution in [2.45, 2.75) is 59.9 Å². The van der Waals surface area contributed by atoms with E-state index in [0.29, 0.717) is 5.92 Å². The van der Waals surface area contributed by atoms with Gasteiger partial charge in [0.15, 0.2) is 0 Å². The van der Waals surface area contributed by atoms with Gasteiger partial charge in [-0.1, -0.05) is 51.2 Å². The van der Waals surface area contributed by atoms with Gasteiger partial charge in [-0.25, -0.2) is 4.68 Å². The lowest BCUT2D eigenvalue weighted by Gasteiger charge is -2.29. The summed E-state index contributed by atoms with van der Waals surface area (Å²) in [6, 6.07) is 4.20. The number of benzene rings is 1. The third-order valence-corrected chi connectivity index (χ3v) is 5.88. The average molecular weight is 431 g/mol. The molecule has 0 aliphatic carbocycles. The fourth-order valence-corrected chi connectivity index (χ4v) is 4.04. The fourth-order valence-electron chi connectivity index (χ4n) is 3.53. The van der Waals surface area contributed by atoms with Gasteiger partial charge in [0.2, 0.25) is 0 Å². The molecule has 2 heterocycles. The highest BCUT2D eigenvalue weighted by molar-refractivity contribution is 9.10. The summed E-state index contributed by atoms with van der Waals surface area (Å²) >= 11 is 3.71. The molecule has 0 spiro atoms. The summed E-state index contributed by atoms with van der Waals surface area (Å²) < 4.78 is 2.96. The zero-order valence-corrected chi connectivity index (χ0v) is 18.6. The Morgan fingerprint density at radius 1 is 1.22 bits per heavy atom. The molecular weight excluding hydrogens is 400 g/mol. The molecule has 1 saturated heterocycles. The van der Waals surface area contributed by atoms with E-state index in [-0.39, 0.29) is 5.41 Å². The van der Waals surface area contributed by atoms with E-state index >= 15 is 0 Å². The number of hydrogen-bond acceptors (Lipinski definition) is 3. The van der Waals surface area contributed by atoms with Gasteiger partial charge in [-0.3, -0.25) is 0 Å². The fraction of sp³-hybridized carbons (Fsp3) is 0.636. The predicted molar refractivity (Wildman–Crippen MR) is 116 cm³/mol. The van der Waals surface area contributed by atoms with Crippen LogP contribution in [0.5, 0.6) is 0 Å². The summed E-state index contributed by atoms with van der Waals surface area (Å²) in [6.45, 7) is 13.3. The lowest BCUT2D eigenvalue weighted by molar-refractivity contribution is 0.204. The van der Waals surface area contributed by atoms with Crippen LogP contribution >= 0.6 is 15.9 Å². The molecule has 0 radical (unpaired) electrons. The Morgan fingerprint density at radius 3 is 2.63 bits per heavy atom. The molecule has 0 amide bonds. The summed E-state index contributed by atoms with van der Waals surface area (Å²) in [6.07, 6.45) is 4.94. The van der Waals surface area contributed by atoms with E-state index in [2.05, 4.69) is 82.8 Å².